The van der Waals surface area contributed by atoms with E-state index in [0.717, 1.165) is 16.7 Å². The molecule has 0 heterocycles. The zero-order valence-electron chi connectivity index (χ0n) is 15.7. The van der Waals surface area contributed by atoms with Gasteiger partial charge >= 0.3 is 0 Å². The summed E-state index contributed by atoms with van der Waals surface area (Å²) >= 11 is 0. The predicted molar refractivity (Wildman–Crippen MR) is 103 cm³/mol. The van der Waals surface area contributed by atoms with Gasteiger partial charge in [-0.1, -0.05) is 47.5 Å². The molecule has 26 heavy (non-hydrogen) atoms. The zero-order valence-corrected chi connectivity index (χ0v) is 16.5. The van der Waals surface area contributed by atoms with Crippen molar-refractivity contribution in [3.63, 3.8) is 0 Å². The van der Waals surface area contributed by atoms with Gasteiger partial charge in [0.1, 0.15) is 0 Å². The lowest BCUT2D eigenvalue weighted by molar-refractivity contribution is -0.121. The van der Waals surface area contributed by atoms with Crippen LogP contribution in [0.3, 0.4) is 0 Å². The molecule has 5 nitrogen and oxygen atoms in total. The second-order valence-electron chi connectivity index (χ2n) is 6.64. The Balaban J connectivity index is 1.88. The molecule has 140 valence electrons. The van der Waals surface area contributed by atoms with Crippen LogP contribution in [0.2, 0.25) is 0 Å². The van der Waals surface area contributed by atoms with E-state index in [4.69, 9.17) is 0 Å². The summed E-state index contributed by atoms with van der Waals surface area (Å²) in [5.41, 5.74) is 4.61. The average molecular weight is 375 g/mol. The van der Waals surface area contributed by atoms with Crippen molar-refractivity contribution in [3.8, 4) is 0 Å². The largest absolute Gasteiger partial charge is 0.352 e. The summed E-state index contributed by atoms with van der Waals surface area (Å²) in [7, 11) is -3.64. The van der Waals surface area contributed by atoms with E-state index < -0.39 is 10.0 Å². The van der Waals surface area contributed by atoms with Gasteiger partial charge in [0.25, 0.3) is 0 Å². The third-order valence-electron chi connectivity index (χ3n) is 4.13. The third kappa shape index (κ3) is 5.41. The van der Waals surface area contributed by atoms with E-state index in [9.17, 15) is 13.2 Å². The minimum Gasteiger partial charge on any atom is -0.352 e. The number of amides is 1. The topological polar surface area (TPSA) is 75.3 Å². The summed E-state index contributed by atoms with van der Waals surface area (Å²) in [5.74, 6) is -0.189. The number of sulfonamides is 1. The number of benzene rings is 2. The van der Waals surface area contributed by atoms with E-state index >= 15 is 0 Å². The molecule has 0 aromatic heterocycles. The molecule has 0 aliphatic carbocycles. The van der Waals surface area contributed by atoms with E-state index in [1.807, 2.05) is 50.2 Å². The highest BCUT2D eigenvalue weighted by Crippen LogP contribution is 2.21. The van der Waals surface area contributed by atoms with Gasteiger partial charge in [-0.3, -0.25) is 4.79 Å². The maximum atomic E-state index is 12.5. The summed E-state index contributed by atoms with van der Waals surface area (Å²) in [6, 6.07) is 11.6. The van der Waals surface area contributed by atoms with Gasteiger partial charge in [-0.05, 0) is 44.4 Å². The van der Waals surface area contributed by atoms with Gasteiger partial charge in [-0.15, -0.1) is 0 Å². The minimum absolute atomic E-state index is 0.0643. The molecule has 0 saturated carbocycles. The zero-order chi connectivity index (χ0) is 19.3. The number of rotatable bonds is 7. The van der Waals surface area contributed by atoms with Crippen molar-refractivity contribution in [1.29, 1.82) is 0 Å². The predicted octanol–water partition coefficient (Wildman–Crippen LogP) is 2.91. The molecule has 0 atom stereocenters. The normalized spacial score (nSPS) is 11.4. The number of hydrogen-bond acceptors (Lipinski definition) is 3. The van der Waals surface area contributed by atoms with Crippen LogP contribution in [0.1, 0.15) is 34.2 Å². The van der Waals surface area contributed by atoms with Gasteiger partial charge in [-0.25, -0.2) is 13.1 Å². The molecule has 0 saturated heterocycles. The lowest BCUT2D eigenvalue weighted by Crippen LogP contribution is -2.31. The molecule has 2 N–H and O–H groups in total. The Morgan fingerprint density at radius 3 is 2.08 bits per heavy atom. The Bertz CT molecular complexity index is 865. The highest BCUT2D eigenvalue weighted by molar-refractivity contribution is 7.89. The van der Waals surface area contributed by atoms with Crippen molar-refractivity contribution in [2.24, 2.45) is 0 Å². The molecule has 0 bridgehead atoms. The molecule has 0 aliphatic rings. The Kier molecular flexibility index (Phi) is 6.56. The van der Waals surface area contributed by atoms with Gasteiger partial charge in [0.15, 0.2) is 0 Å². The molecular formula is C20H26N2O3S. The van der Waals surface area contributed by atoms with Gasteiger partial charge in [0.2, 0.25) is 15.9 Å². The summed E-state index contributed by atoms with van der Waals surface area (Å²) in [4.78, 5) is 12.2. The summed E-state index contributed by atoms with van der Waals surface area (Å²) in [5, 5.41) is 2.80. The van der Waals surface area contributed by atoms with Crippen molar-refractivity contribution in [1.82, 2.24) is 10.0 Å². The van der Waals surface area contributed by atoms with Crippen LogP contribution in [0.15, 0.2) is 41.3 Å². The maximum absolute atomic E-state index is 12.5. The third-order valence-corrected chi connectivity index (χ3v) is 5.89. The summed E-state index contributed by atoms with van der Waals surface area (Å²) in [6.07, 6.45) is 0.0923. The van der Waals surface area contributed by atoms with E-state index in [-0.39, 0.29) is 18.9 Å². The fourth-order valence-electron chi connectivity index (χ4n) is 2.96. The molecule has 0 spiro atoms. The number of hydrogen-bond donors (Lipinski definition) is 2. The Morgan fingerprint density at radius 2 is 1.50 bits per heavy atom. The second-order valence-corrected chi connectivity index (χ2v) is 8.34. The smallest absolute Gasteiger partial charge is 0.241 e. The SMILES string of the molecule is Cc1ccc(CNC(=O)CCNS(=O)(=O)c2c(C)cc(C)cc2C)cc1. The first-order valence-corrected chi connectivity index (χ1v) is 10.1. The summed E-state index contributed by atoms with van der Waals surface area (Å²) in [6.45, 7) is 8.00. The molecule has 6 heteroatoms. The van der Waals surface area contributed by atoms with Crippen molar-refractivity contribution in [3.05, 3.63) is 64.2 Å². The minimum atomic E-state index is -3.64. The number of carbonyl (C=O) groups excluding carboxylic acids is 1. The van der Waals surface area contributed by atoms with Gasteiger partial charge < -0.3 is 5.32 Å². The Morgan fingerprint density at radius 1 is 0.923 bits per heavy atom. The standard InChI is InChI=1S/C20H26N2O3S/c1-14-5-7-18(8-6-14)13-21-19(23)9-10-22-26(24,25)20-16(3)11-15(2)12-17(20)4/h5-8,11-12,22H,9-10,13H2,1-4H3,(H,21,23). The van der Waals surface area contributed by atoms with Crippen LogP contribution in [-0.4, -0.2) is 20.9 Å². The van der Waals surface area contributed by atoms with Crippen LogP contribution in [-0.2, 0) is 21.4 Å². The number of nitrogens with one attached hydrogen (secondary N) is 2. The van der Waals surface area contributed by atoms with Crippen LogP contribution >= 0.6 is 0 Å². The van der Waals surface area contributed by atoms with E-state index in [1.54, 1.807) is 13.8 Å². The second kappa shape index (κ2) is 8.47. The molecule has 2 aromatic rings. The molecule has 0 fully saturated rings. The van der Waals surface area contributed by atoms with E-state index in [1.165, 1.54) is 0 Å². The van der Waals surface area contributed by atoms with E-state index in [0.29, 0.717) is 22.6 Å². The van der Waals surface area contributed by atoms with Crippen LogP contribution < -0.4 is 10.0 Å². The van der Waals surface area contributed by atoms with Crippen molar-refractivity contribution >= 4 is 15.9 Å². The molecule has 2 aromatic carbocycles. The Hall–Kier alpha value is -2.18. The number of carbonyl (C=O) groups is 1. The first-order chi connectivity index (χ1) is 12.2. The van der Waals surface area contributed by atoms with Crippen LogP contribution in [0.5, 0.6) is 0 Å². The molecule has 1 amide bonds. The maximum Gasteiger partial charge on any atom is 0.241 e. The highest BCUT2D eigenvalue weighted by Gasteiger charge is 2.19. The monoisotopic (exact) mass is 374 g/mol. The highest BCUT2D eigenvalue weighted by atomic mass is 32.2. The first-order valence-electron chi connectivity index (χ1n) is 8.59. The summed E-state index contributed by atoms with van der Waals surface area (Å²) < 4.78 is 27.6. The van der Waals surface area contributed by atoms with Gasteiger partial charge in [0.05, 0.1) is 4.90 Å². The fraction of sp³-hybridized carbons (Fsp3) is 0.350. The lowest BCUT2D eigenvalue weighted by Gasteiger charge is -2.13. The Labute approximate surface area is 155 Å². The molecule has 0 aliphatic heterocycles. The van der Waals surface area contributed by atoms with Gasteiger partial charge in [-0.2, -0.15) is 0 Å². The molecule has 2 rings (SSSR count). The fourth-order valence-corrected chi connectivity index (χ4v) is 4.44. The quantitative estimate of drug-likeness (QED) is 0.782. The van der Waals surface area contributed by atoms with Crippen molar-refractivity contribution < 1.29 is 13.2 Å². The van der Waals surface area contributed by atoms with Crippen molar-refractivity contribution in [2.45, 2.75) is 45.6 Å². The van der Waals surface area contributed by atoms with Gasteiger partial charge in [0, 0.05) is 19.5 Å². The van der Waals surface area contributed by atoms with Crippen molar-refractivity contribution in [2.75, 3.05) is 6.54 Å². The molecular weight excluding hydrogens is 348 g/mol. The average Bonchev–Trinajstić information content (AvgIpc) is 2.52. The first kappa shape index (κ1) is 20.1. The number of aryl methyl sites for hydroxylation is 4. The van der Waals surface area contributed by atoms with Crippen LogP contribution in [0, 0.1) is 27.7 Å². The lowest BCUT2D eigenvalue weighted by atomic mass is 10.1. The molecule has 0 unspecified atom stereocenters. The van der Waals surface area contributed by atoms with E-state index in [2.05, 4.69) is 10.0 Å². The van der Waals surface area contributed by atoms with Crippen LogP contribution in [0.25, 0.3) is 0 Å². The van der Waals surface area contributed by atoms with Crippen LogP contribution in [0.4, 0.5) is 0 Å². The molecule has 0 radical (unpaired) electrons.